The van der Waals surface area contributed by atoms with Crippen LogP contribution in [-0.4, -0.2) is 55.9 Å². The summed E-state index contributed by atoms with van der Waals surface area (Å²) in [5, 5.41) is 0. The third-order valence-corrected chi connectivity index (χ3v) is 2.99. The van der Waals surface area contributed by atoms with E-state index in [1.54, 1.807) is 0 Å². The van der Waals surface area contributed by atoms with Gasteiger partial charge in [-0.25, -0.2) is 0 Å². The number of nitrogens with zero attached hydrogens (tertiary/aromatic N) is 2. The number of rotatable bonds is 6. The van der Waals surface area contributed by atoms with Gasteiger partial charge in [0.15, 0.2) is 0 Å². The van der Waals surface area contributed by atoms with Gasteiger partial charge in [-0.05, 0) is 33.0 Å². The van der Waals surface area contributed by atoms with E-state index in [1.165, 1.54) is 25.9 Å². The molecule has 88 valence electrons. The van der Waals surface area contributed by atoms with E-state index in [0.717, 1.165) is 25.9 Å². The summed E-state index contributed by atoms with van der Waals surface area (Å²) < 4.78 is 0. The van der Waals surface area contributed by atoms with Crippen molar-refractivity contribution in [1.29, 1.82) is 0 Å². The highest BCUT2D eigenvalue weighted by molar-refractivity contribution is 5.58. The van der Waals surface area contributed by atoms with E-state index in [0.29, 0.717) is 0 Å². The highest BCUT2D eigenvalue weighted by atomic mass is 16.1. The predicted molar refractivity (Wildman–Crippen MR) is 63.0 cm³/mol. The van der Waals surface area contributed by atoms with Crippen LogP contribution in [0.1, 0.15) is 26.7 Å². The Morgan fingerprint density at radius 1 is 1.33 bits per heavy atom. The maximum absolute atomic E-state index is 10.8. The molecular formula is C12H24N2O. The molecule has 3 heteroatoms. The fourth-order valence-corrected chi connectivity index (χ4v) is 2.13. The van der Waals surface area contributed by atoms with Gasteiger partial charge in [-0.2, -0.15) is 0 Å². The van der Waals surface area contributed by atoms with Gasteiger partial charge in [-0.3, -0.25) is 0 Å². The summed E-state index contributed by atoms with van der Waals surface area (Å²) >= 11 is 0. The first-order valence-corrected chi connectivity index (χ1v) is 5.91. The quantitative estimate of drug-likeness (QED) is 0.619. The molecule has 0 atom stereocenters. The molecule has 0 spiro atoms. The van der Waals surface area contributed by atoms with Crippen LogP contribution in [0, 0.1) is 5.41 Å². The van der Waals surface area contributed by atoms with Gasteiger partial charge in [0.05, 0.1) is 0 Å². The first-order valence-electron chi connectivity index (χ1n) is 5.91. The van der Waals surface area contributed by atoms with Gasteiger partial charge in [0.25, 0.3) is 0 Å². The zero-order chi connectivity index (χ0) is 11.3. The van der Waals surface area contributed by atoms with Crippen LogP contribution in [-0.2, 0) is 4.79 Å². The van der Waals surface area contributed by atoms with Crippen LogP contribution in [0.2, 0.25) is 0 Å². The Morgan fingerprint density at radius 3 is 2.47 bits per heavy atom. The maximum atomic E-state index is 10.8. The minimum Gasteiger partial charge on any atom is -0.304 e. The molecule has 3 nitrogen and oxygen atoms in total. The normalized spacial score (nSPS) is 18.7. The van der Waals surface area contributed by atoms with Crippen molar-refractivity contribution in [2.24, 2.45) is 5.41 Å². The lowest BCUT2D eigenvalue weighted by Gasteiger charge is -2.27. The lowest BCUT2D eigenvalue weighted by molar-refractivity contribution is -0.115. The third kappa shape index (κ3) is 4.76. The summed E-state index contributed by atoms with van der Waals surface area (Å²) in [5.41, 5.74) is -0.209. The molecule has 1 rings (SSSR count). The Morgan fingerprint density at radius 2 is 1.93 bits per heavy atom. The summed E-state index contributed by atoms with van der Waals surface area (Å²) in [4.78, 5) is 15.5. The second-order valence-corrected chi connectivity index (χ2v) is 5.39. The van der Waals surface area contributed by atoms with Gasteiger partial charge in [0.1, 0.15) is 6.29 Å². The van der Waals surface area contributed by atoms with Crippen LogP contribution in [0.5, 0.6) is 0 Å². The van der Waals surface area contributed by atoms with E-state index in [4.69, 9.17) is 0 Å². The van der Waals surface area contributed by atoms with Crippen LogP contribution in [0.25, 0.3) is 0 Å². The first-order chi connectivity index (χ1) is 7.03. The highest BCUT2D eigenvalue weighted by Gasteiger charge is 2.19. The largest absolute Gasteiger partial charge is 0.304 e. The molecule has 1 saturated heterocycles. The van der Waals surface area contributed by atoms with E-state index in [-0.39, 0.29) is 5.41 Å². The summed E-state index contributed by atoms with van der Waals surface area (Å²) in [7, 11) is 2.10. The molecule has 0 aromatic rings. The van der Waals surface area contributed by atoms with Crippen molar-refractivity contribution >= 4 is 6.29 Å². The molecule has 0 unspecified atom stereocenters. The molecule has 1 aliphatic rings. The number of carbonyl (C=O) groups is 1. The number of likely N-dealkylation sites (tertiary alicyclic amines) is 1. The van der Waals surface area contributed by atoms with Crippen molar-refractivity contribution in [3.05, 3.63) is 0 Å². The molecular weight excluding hydrogens is 188 g/mol. The van der Waals surface area contributed by atoms with Crippen LogP contribution >= 0.6 is 0 Å². The zero-order valence-electron chi connectivity index (χ0n) is 10.3. The third-order valence-electron chi connectivity index (χ3n) is 2.99. The van der Waals surface area contributed by atoms with Crippen LogP contribution < -0.4 is 0 Å². The predicted octanol–water partition coefficient (Wildman–Crippen LogP) is 1.24. The molecule has 1 heterocycles. The van der Waals surface area contributed by atoms with Gasteiger partial charge in [-0.1, -0.05) is 13.8 Å². The molecule has 0 bridgehead atoms. The Labute approximate surface area is 93.4 Å². The summed E-state index contributed by atoms with van der Waals surface area (Å²) in [5.74, 6) is 0. The standard InChI is InChI=1S/C12H24N2O/c1-12(2,11-15)10-13(3)8-9-14-6-4-5-7-14/h11H,4-10H2,1-3H3. The van der Waals surface area contributed by atoms with Crippen LogP contribution in [0.3, 0.4) is 0 Å². The van der Waals surface area contributed by atoms with Gasteiger partial charge in [0, 0.05) is 25.0 Å². The van der Waals surface area contributed by atoms with Crippen molar-refractivity contribution in [3.8, 4) is 0 Å². The van der Waals surface area contributed by atoms with Crippen molar-refractivity contribution in [1.82, 2.24) is 9.80 Å². The number of hydrogen-bond donors (Lipinski definition) is 0. The van der Waals surface area contributed by atoms with E-state index >= 15 is 0 Å². The highest BCUT2D eigenvalue weighted by Crippen LogP contribution is 2.12. The fraction of sp³-hybridized carbons (Fsp3) is 0.917. The van der Waals surface area contributed by atoms with Gasteiger partial charge >= 0.3 is 0 Å². The molecule has 1 aliphatic heterocycles. The van der Waals surface area contributed by atoms with E-state index in [9.17, 15) is 4.79 Å². The maximum Gasteiger partial charge on any atom is 0.126 e. The average Bonchev–Trinajstić information content (AvgIpc) is 2.66. The Bertz CT molecular complexity index is 198. The molecule has 0 aromatic carbocycles. The summed E-state index contributed by atoms with van der Waals surface area (Å²) in [6.07, 6.45) is 3.76. The molecule has 1 fully saturated rings. The van der Waals surface area contributed by atoms with Crippen LogP contribution in [0.4, 0.5) is 0 Å². The van der Waals surface area contributed by atoms with Crippen molar-refractivity contribution < 1.29 is 4.79 Å². The first kappa shape index (κ1) is 12.7. The Balaban J connectivity index is 2.17. The second kappa shape index (κ2) is 5.61. The molecule has 0 radical (unpaired) electrons. The fourth-order valence-electron chi connectivity index (χ4n) is 2.13. The Kier molecular flexibility index (Phi) is 4.74. The topological polar surface area (TPSA) is 23.6 Å². The average molecular weight is 212 g/mol. The monoisotopic (exact) mass is 212 g/mol. The molecule has 0 aliphatic carbocycles. The van der Waals surface area contributed by atoms with Crippen molar-refractivity contribution in [2.75, 3.05) is 39.8 Å². The lowest BCUT2D eigenvalue weighted by Crippen LogP contribution is -2.37. The minimum absolute atomic E-state index is 0.209. The molecule has 0 saturated carbocycles. The number of hydrogen-bond acceptors (Lipinski definition) is 3. The number of carbonyl (C=O) groups excluding carboxylic acids is 1. The summed E-state index contributed by atoms with van der Waals surface area (Å²) in [6.45, 7) is 9.56. The number of likely N-dealkylation sites (N-methyl/N-ethyl adjacent to an activating group) is 1. The van der Waals surface area contributed by atoms with E-state index in [1.807, 2.05) is 13.8 Å². The van der Waals surface area contributed by atoms with Crippen molar-refractivity contribution in [3.63, 3.8) is 0 Å². The molecule has 0 aromatic heterocycles. The minimum atomic E-state index is -0.209. The van der Waals surface area contributed by atoms with Gasteiger partial charge in [0.2, 0.25) is 0 Å². The lowest BCUT2D eigenvalue weighted by atomic mass is 9.95. The zero-order valence-corrected chi connectivity index (χ0v) is 10.3. The van der Waals surface area contributed by atoms with Crippen molar-refractivity contribution in [2.45, 2.75) is 26.7 Å². The molecule has 0 N–H and O–H groups in total. The summed E-state index contributed by atoms with van der Waals surface area (Å²) in [6, 6.07) is 0. The SMILES string of the molecule is CN(CCN1CCCC1)CC(C)(C)C=O. The smallest absolute Gasteiger partial charge is 0.126 e. The van der Waals surface area contributed by atoms with Crippen LogP contribution in [0.15, 0.2) is 0 Å². The van der Waals surface area contributed by atoms with Gasteiger partial charge < -0.3 is 14.6 Å². The van der Waals surface area contributed by atoms with E-state index in [2.05, 4.69) is 16.8 Å². The van der Waals surface area contributed by atoms with E-state index < -0.39 is 0 Å². The van der Waals surface area contributed by atoms with Gasteiger partial charge in [-0.15, -0.1) is 0 Å². The number of aldehydes is 1. The molecule has 15 heavy (non-hydrogen) atoms. The molecule has 0 amide bonds. The Hall–Kier alpha value is -0.410. The second-order valence-electron chi connectivity index (χ2n) is 5.39.